The molecule has 4 nitrogen and oxygen atoms in total. The predicted molar refractivity (Wildman–Crippen MR) is 83.3 cm³/mol. The number of nitrogens with one attached hydrogen (secondary N) is 1. The van der Waals surface area contributed by atoms with E-state index in [1.54, 1.807) is 0 Å². The van der Waals surface area contributed by atoms with E-state index < -0.39 is 11.2 Å². The van der Waals surface area contributed by atoms with Gasteiger partial charge < -0.3 is 9.87 Å². The summed E-state index contributed by atoms with van der Waals surface area (Å²) in [6.45, 7) is 4.53. The molecule has 1 aromatic rings. The van der Waals surface area contributed by atoms with Crippen LogP contribution in [0.2, 0.25) is 0 Å². The number of hydrogen-bond acceptors (Lipinski definition) is 4. The van der Waals surface area contributed by atoms with Crippen LogP contribution in [0, 0.1) is 11.8 Å². The second-order valence-electron chi connectivity index (χ2n) is 4.09. The van der Waals surface area contributed by atoms with Crippen LogP contribution in [0.15, 0.2) is 10.5 Å². The van der Waals surface area contributed by atoms with Crippen molar-refractivity contribution < 1.29 is 9.35 Å². The Hall–Kier alpha value is -1.03. The third-order valence-electron chi connectivity index (χ3n) is 2.43. The average Bonchev–Trinajstić information content (AvgIpc) is 2.95. The van der Waals surface area contributed by atoms with Gasteiger partial charge in [0.25, 0.3) is 5.91 Å². The summed E-state index contributed by atoms with van der Waals surface area (Å²) in [5, 5.41) is 2.82. The minimum absolute atomic E-state index is 0.150. The molecule has 0 aliphatic heterocycles. The Morgan fingerprint density at radius 2 is 2.20 bits per heavy atom. The zero-order chi connectivity index (χ0) is 14.8. The van der Waals surface area contributed by atoms with Gasteiger partial charge in [-0.15, -0.1) is 11.8 Å². The third kappa shape index (κ3) is 5.95. The van der Waals surface area contributed by atoms with Crippen LogP contribution in [-0.2, 0) is 11.2 Å². The van der Waals surface area contributed by atoms with Gasteiger partial charge in [-0.05, 0) is 19.8 Å². The molecule has 0 aliphatic carbocycles. The lowest BCUT2D eigenvalue weighted by Crippen LogP contribution is -2.23. The quantitative estimate of drug-likeness (QED) is 0.478. The van der Waals surface area contributed by atoms with E-state index in [1.165, 1.54) is 17.5 Å². The molecule has 1 unspecified atom stereocenters. The lowest BCUT2D eigenvalue weighted by Gasteiger charge is -2.02. The average molecular weight is 312 g/mol. The van der Waals surface area contributed by atoms with Gasteiger partial charge >= 0.3 is 4.34 Å². The molecule has 1 N–H and O–H groups in total. The lowest BCUT2D eigenvalue weighted by molar-refractivity contribution is 0.0957. The largest absolute Gasteiger partial charge is 0.610 e. The van der Waals surface area contributed by atoms with Crippen molar-refractivity contribution in [2.75, 3.05) is 12.3 Å². The Morgan fingerprint density at radius 3 is 2.90 bits per heavy atom. The van der Waals surface area contributed by atoms with E-state index in [4.69, 9.17) is 0 Å². The molecule has 0 saturated carbocycles. The number of unbranched alkanes of at least 4 members (excludes halogenated alkanes) is 2. The van der Waals surface area contributed by atoms with Crippen molar-refractivity contribution in [3.05, 3.63) is 11.1 Å². The topological polar surface area (TPSA) is 65.0 Å². The molecular formula is C14H20N2O2S2. The van der Waals surface area contributed by atoms with Gasteiger partial charge in [0.2, 0.25) is 0 Å². The number of nitrogens with zero attached hydrogens (tertiary/aromatic N) is 1. The zero-order valence-electron chi connectivity index (χ0n) is 11.9. The maximum absolute atomic E-state index is 11.8. The summed E-state index contributed by atoms with van der Waals surface area (Å²) < 4.78 is 12.1. The summed E-state index contributed by atoms with van der Waals surface area (Å²) in [5.74, 6) is 6.52. The molecule has 0 saturated heterocycles. The standard InChI is InChI=1S/C14H20N2O2S2/c1-3-5-6-7-8-9-10-15-13(17)12-11-16-14(19-12)20(18)4-2/h11H,3-5,8-10H2,1-2H3,(H,15,17). The minimum atomic E-state index is -1.09. The normalized spacial score (nSPS) is 11.6. The van der Waals surface area contributed by atoms with Gasteiger partial charge in [0.05, 0.1) is 6.20 Å². The molecule has 0 spiro atoms. The third-order valence-corrected chi connectivity index (χ3v) is 5.05. The van der Waals surface area contributed by atoms with Crippen LogP contribution in [0.25, 0.3) is 0 Å². The molecule has 1 atom stereocenters. The van der Waals surface area contributed by atoms with Gasteiger partial charge in [-0.25, -0.2) is 0 Å². The van der Waals surface area contributed by atoms with Crippen molar-refractivity contribution in [2.45, 2.75) is 43.9 Å². The molecule has 1 aromatic heterocycles. The lowest BCUT2D eigenvalue weighted by atomic mass is 10.3. The number of carbonyl (C=O) groups excluding carboxylic acids is 1. The van der Waals surface area contributed by atoms with Gasteiger partial charge in [-0.3, -0.25) is 4.79 Å². The molecule has 0 aliphatic rings. The fourth-order valence-corrected chi connectivity index (χ4v) is 3.34. The van der Waals surface area contributed by atoms with Crippen LogP contribution in [0.3, 0.4) is 0 Å². The van der Waals surface area contributed by atoms with Crippen LogP contribution < -0.4 is 5.32 Å². The number of aromatic nitrogens is 1. The first-order valence-electron chi connectivity index (χ1n) is 6.77. The highest BCUT2D eigenvalue weighted by atomic mass is 32.2. The Balaban J connectivity index is 2.29. The SMILES string of the molecule is CCCC#CCCCNC(=O)c1cnc([S+]([O-])CC)s1. The summed E-state index contributed by atoms with van der Waals surface area (Å²) in [6, 6.07) is 0. The van der Waals surface area contributed by atoms with E-state index in [1.807, 2.05) is 6.92 Å². The molecule has 0 radical (unpaired) electrons. The highest BCUT2D eigenvalue weighted by molar-refractivity contribution is 7.93. The van der Waals surface area contributed by atoms with Crippen molar-refractivity contribution in [3.63, 3.8) is 0 Å². The van der Waals surface area contributed by atoms with Crippen LogP contribution in [-0.4, -0.2) is 27.7 Å². The highest BCUT2D eigenvalue weighted by Gasteiger charge is 2.17. The minimum Gasteiger partial charge on any atom is -0.610 e. The fourth-order valence-electron chi connectivity index (χ4n) is 1.36. The van der Waals surface area contributed by atoms with Crippen molar-refractivity contribution in [3.8, 4) is 11.8 Å². The predicted octanol–water partition coefficient (Wildman–Crippen LogP) is 2.58. The number of rotatable bonds is 7. The van der Waals surface area contributed by atoms with Gasteiger partial charge in [0.15, 0.2) is 0 Å². The van der Waals surface area contributed by atoms with E-state index in [0.717, 1.165) is 25.7 Å². The van der Waals surface area contributed by atoms with Crippen LogP contribution >= 0.6 is 11.3 Å². The van der Waals surface area contributed by atoms with Crippen LogP contribution in [0.1, 0.15) is 49.2 Å². The molecule has 6 heteroatoms. The molecule has 0 aromatic carbocycles. The zero-order valence-corrected chi connectivity index (χ0v) is 13.5. The molecule has 110 valence electrons. The summed E-state index contributed by atoms with van der Waals surface area (Å²) >= 11 is 0.108. The maximum atomic E-state index is 11.8. The van der Waals surface area contributed by atoms with Crippen molar-refractivity contribution in [2.24, 2.45) is 0 Å². The Labute approximate surface area is 127 Å². The van der Waals surface area contributed by atoms with E-state index in [9.17, 15) is 9.35 Å². The van der Waals surface area contributed by atoms with Crippen molar-refractivity contribution >= 4 is 28.4 Å². The molecule has 0 fully saturated rings. The van der Waals surface area contributed by atoms with Crippen LogP contribution in [0.4, 0.5) is 0 Å². The molecular weight excluding hydrogens is 292 g/mol. The van der Waals surface area contributed by atoms with Crippen molar-refractivity contribution in [1.82, 2.24) is 10.3 Å². The monoisotopic (exact) mass is 312 g/mol. The second kappa shape index (κ2) is 9.81. The Bertz CT molecular complexity index is 477. The summed E-state index contributed by atoms with van der Waals surface area (Å²) in [7, 11) is 0. The number of hydrogen-bond donors (Lipinski definition) is 1. The molecule has 0 bridgehead atoms. The van der Waals surface area contributed by atoms with Gasteiger partial charge in [0.1, 0.15) is 10.6 Å². The molecule has 1 rings (SSSR count). The summed E-state index contributed by atoms with van der Waals surface area (Å²) in [5.41, 5.74) is 0. The van der Waals surface area contributed by atoms with Crippen LogP contribution in [0.5, 0.6) is 0 Å². The molecule has 20 heavy (non-hydrogen) atoms. The molecule has 1 heterocycles. The highest BCUT2D eigenvalue weighted by Crippen LogP contribution is 2.19. The van der Waals surface area contributed by atoms with Gasteiger partial charge in [-0.2, -0.15) is 4.98 Å². The number of amides is 1. The first-order valence-corrected chi connectivity index (χ1v) is 8.90. The number of thiazole rings is 1. The van der Waals surface area contributed by atoms with E-state index in [2.05, 4.69) is 29.1 Å². The first-order chi connectivity index (χ1) is 9.69. The summed E-state index contributed by atoms with van der Waals surface area (Å²) in [4.78, 5) is 16.4. The Morgan fingerprint density at radius 1 is 1.45 bits per heavy atom. The Kier molecular flexibility index (Phi) is 8.35. The first kappa shape index (κ1) is 17.0. The van der Waals surface area contributed by atoms with E-state index >= 15 is 0 Å². The molecule has 1 amide bonds. The van der Waals surface area contributed by atoms with E-state index in [-0.39, 0.29) is 5.91 Å². The van der Waals surface area contributed by atoms with E-state index in [0.29, 0.717) is 21.5 Å². The maximum Gasteiger partial charge on any atom is 0.302 e. The van der Waals surface area contributed by atoms with Crippen molar-refractivity contribution in [1.29, 1.82) is 0 Å². The second-order valence-corrected chi connectivity index (χ2v) is 7.03. The smallest absolute Gasteiger partial charge is 0.302 e. The van der Waals surface area contributed by atoms with Gasteiger partial charge in [-0.1, -0.05) is 18.3 Å². The fraction of sp³-hybridized carbons (Fsp3) is 0.571. The summed E-state index contributed by atoms with van der Waals surface area (Å²) in [6.07, 6.45) is 5.15. The number of carbonyl (C=O) groups is 1. The van der Waals surface area contributed by atoms with Gasteiger partial charge in [0, 0.05) is 30.6 Å².